The van der Waals surface area contributed by atoms with Crippen LogP contribution in [0.3, 0.4) is 0 Å². The Morgan fingerprint density at radius 2 is 2.10 bits per heavy atom. The molecule has 1 aliphatic rings. The van der Waals surface area contributed by atoms with Gasteiger partial charge in [0, 0.05) is 25.1 Å². The number of carbonyl (C=O) groups excluding carboxylic acids is 1. The standard InChI is InChI=1S/C17H24N2OS/c1-12(2)13-7-8-16(20)19(10-9-13)11-14-5-3-4-6-15(14)17(18)21/h3-6,12-13H,7-11H2,1-2H3,(H2,18,21). The van der Waals surface area contributed by atoms with Crippen molar-refractivity contribution in [3.8, 4) is 0 Å². The molecule has 4 heteroatoms. The van der Waals surface area contributed by atoms with E-state index in [-0.39, 0.29) is 5.91 Å². The second-order valence-electron chi connectivity index (χ2n) is 6.17. The maximum Gasteiger partial charge on any atom is 0.222 e. The van der Waals surface area contributed by atoms with Crippen molar-refractivity contribution in [3.05, 3.63) is 35.4 Å². The number of nitrogens with zero attached hydrogens (tertiary/aromatic N) is 1. The molecule has 1 saturated heterocycles. The molecule has 0 aromatic heterocycles. The molecule has 2 N–H and O–H groups in total. The van der Waals surface area contributed by atoms with Crippen LogP contribution in [0.2, 0.25) is 0 Å². The van der Waals surface area contributed by atoms with Crippen molar-refractivity contribution in [2.75, 3.05) is 6.54 Å². The fourth-order valence-electron chi connectivity index (χ4n) is 3.00. The summed E-state index contributed by atoms with van der Waals surface area (Å²) in [6, 6.07) is 7.83. The summed E-state index contributed by atoms with van der Waals surface area (Å²) in [5, 5.41) is 0. The first-order valence-electron chi connectivity index (χ1n) is 7.64. The summed E-state index contributed by atoms with van der Waals surface area (Å²) >= 11 is 5.10. The first kappa shape index (κ1) is 16.0. The highest BCUT2D eigenvalue weighted by Gasteiger charge is 2.24. The van der Waals surface area contributed by atoms with Gasteiger partial charge in [-0.3, -0.25) is 4.79 Å². The van der Waals surface area contributed by atoms with E-state index in [0.717, 1.165) is 30.5 Å². The Bertz CT molecular complexity index is 527. The number of rotatable bonds is 4. The molecule has 1 aliphatic heterocycles. The van der Waals surface area contributed by atoms with E-state index in [9.17, 15) is 4.79 Å². The largest absolute Gasteiger partial charge is 0.389 e. The summed E-state index contributed by atoms with van der Waals surface area (Å²) in [5.41, 5.74) is 7.70. The van der Waals surface area contributed by atoms with E-state index in [0.29, 0.717) is 29.8 Å². The maximum atomic E-state index is 12.3. The van der Waals surface area contributed by atoms with E-state index >= 15 is 0 Å². The lowest BCUT2D eigenvalue weighted by Crippen LogP contribution is -2.31. The van der Waals surface area contributed by atoms with Crippen LogP contribution in [0.5, 0.6) is 0 Å². The van der Waals surface area contributed by atoms with Crippen LogP contribution >= 0.6 is 12.2 Å². The molecule has 1 unspecified atom stereocenters. The topological polar surface area (TPSA) is 46.3 Å². The Labute approximate surface area is 132 Å². The van der Waals surface area contributed by atoms with Crippen molar-refractivity contribution in [2.45, 2.75) is 39.7 Å². The number of hydrogen-bond acceptors (Lipinski definition) is 2. The van der Waals surface area contributed by atoms with Crippen molar-refractivity contribution in [1.29, 1.82) is 0 Å². The third-order valence-electron chi connectivity index (χ3n) is 4.44. The van der Waals surface area contributed by atoms with Crippen LogP contribution in [-0.4, -0.2) is 22.3 Å². The quantitative estimate of drug-likeness (QED) is 0.869. The third kappa shape index (κ3) is 4.03. The van der Waals surface area contributed by atoms with Gasteiger partial charge < -0.3 is 10.6 Å². The van der Waals surface area contributed by atoms with E-state index in [1.165, 1.54) is 0 Å². The molecule has 114 valence electrons. The van der Waals surface area contributed by atoms with Gasteiger partial charge in [0.05, 0.1) is 0 Å². The van der Waals surface area contributed by atoms with Crippen LogP contribution < -0.4 is 5.73 Å². The average molecular weight is 304 g/mol. The van der Waals surface area contributed by atoms with Crippen LogP contribution in [0.15, 0.2) is 24.3 Å². The zero-order chi connectivity index (χ0) is 15.4. The Morgan fingerprint density at radius 3 is 2.76 bits per heavy atom. The second-order valence-corrected chi connectivity index (χ2v) is 6.61. The minimum atomic E-state index is 0.246. The zero-order valence-electron chi connectivity index (χ0n) is 12.8. The van der Waals surface area contributed by atoms with Crippen molar-refractivity contribution < 1.29 is 4.79 Å². The van der Waals surface area contributed by atoms with E-state index in [1.54, 1.807) is 0 Å². The molecule has 1 atom stereocenters. The molecule has 1 aromatic carbocycles. The Kier molecular flexibility index (Phi) is 5.34. The third-order valence-corrected chi connectivity index (χ3v) is 4.66. The van der Waals surface area contributed by atoms with E-state index in [4.69, 9.17) is 18.0 Å². The van der Waals surface area contributed by atoms with Crippen molar-refractivity contribution in [1.82, 2.24) is 4.90 Å². The normalized spacial score (nSPS) is 19.7. The molecule has 1 heterocycles. The van der Waals surface area contributed by atoms with Gasteiger partial charge in [0.25, 0.3) is 0 Å². The van der Waals surface area contributed by atoms with Crippen molar-refractivity contribution >= 4 is 23.1 Å². The van der Waals surface area contributed by atoms with Crippen molar-refractivity contribution in [2.24, 2.45) is 17.6 Å². The number of nitrogens with two attached hydrogens (primary N) is 1. The Morgan fingerprint density at radius 1 is 1.38 bits per heavy atom. The van der Waals surface area contributed by atoms with Gasteiger partial charge in [-0.2, -0.15) is 0 Å². The average Bonchev–Trinajstić information content (AvgIpc) is 2.62. The molecule has 1 fully saturated rings. The fraction of sp³-hybridized carbons (Fsp3) is 0.529. The number of carbonyl (C=O) groups is 1. The molecule has 0 spiro atoms. The van der Waals surface area contributed by atoms with Crippen LogP contribution in [0, 0.1) is 11.8 Å². The molecule has 2 rings (SSSR count). The summed E-state index contributed by atoms with van der Waals surface area (Å²) in [6.45, 7) is 5.92. The number of benzene rings is 1. The monoisotopic (exact) mass is 304 g/mol. The van der Waals surface area contributed by atoms with E-state index in [2.05, 4.69) is 13.8 Å². The molecule has 3 nitrogen and oxygen atoms in total. The number of likely N-dealkylation sites (tertiary alicyclic amines) is 1. The molecule has 0 saturated carbocycles. The number of hydrogen-bond donors (Lipinski definition) is 1. The number of amides is 1. The van der Waals surface area contributed by atoms with Gasteiger partial charge in [0.15, 0.2) is 0 Å². The van der Waals surface area contributed by atoms with Crippen LogP contribution in [0.1, 0.15) is 44.2 Å². The predicted molar refractivity (Wildman–Crippen MR) is 89.9 cm³/mol. The molecular weight excluding hydrogens is 280 g/mol. The van der Waals surface area contributed by atoms with Gasteiger partial charge in [-0.15, -0.1) is 0 Å². The van der Waals surface area contributed by atoms with Crippen LogP contribution in [-0.2, 0) is 11.3 Å². The Balaban J connectivity index is 2.12. The summed E-state index contributed by atoms with van der Waals surface area (Å²) in [6.07, 6.45) is 2.74. The summed E-state index contributed by atoms with van der Waals surface area (Å²) in [5.74, 6) is 1.53. The second kappa shape index (κ2) is 7.03. The molecule has 21 heavy (non-hydrogen) atoms. The van der Waals surface area contributed by atoms with Gasteiger partial charge in [-0.1, -0.05) is 50.3 Å². The van der Waals surface area contributed by atoms with Gasteiger partial charge in [-0.25, -0.2) is 0 Å². The van der Waals surface area contributed by atoms with E-state index in [1.807, 2.05) is 29.2 Å². The zero-order valence-corrected chi connectivity index (χ0v) is 13.7. The van der Waals surface area contributed by atoms with Gasteiger partial charge in [-0.05, 0) is 30.2 Å². The smallest absolute Gasteiger partial charge is 0.222 e. The predicted octanol–water partition coefficient (Wildman–Crippen LogP) is 3.11. The van der Waals surface area contributed by atoms with Gasteiger partial charge >= 0.3 is 0 Å². The van der Waals surface area contributed by atoms with Crippen LogP contribution in [0.4, 0.5) is 0 Å². The molecule has 0 aliphatic carbocycles. The first-order valence-corrected chi connectivity index (χ1v) is 8.05. The molecule has 1 aromatic rings. The van der Waals surface area contributed by atoms with Gasteiger partial charge in [0.1, 0.15) is 4.99 Å². The lowest BCUT2D eigenvalue weighted by atomic mass is 9.89. The highest BCUT2D eigenvalue weighted by molar-refractivity contribution is 7.80. The van der Waals surface area contributed by atoms with Crippen LogP contribution in [0.25, 0.3) is 0 Å². The summed E-state index contributed by atoms with van der Waals surface area (Å²) in [4.78, 5) is 14.7. The first-order chi connectivity index (χ1) is 9.99. The highest BCUT2D eigenvalue weighted by Crippen LogP contribution is 2.26. The minimum absolute atomic E-state index is 0.246. The molecule has 1 amide bonds. The lowest BCUT2D eigenvalue weighted by Gasteiger charge is -2.23. The maximum absolute atomic E-state index is 12.3. The molecule has 0 radical (unpaired) electrons. The molecule has 0 bridgehead atoms. The lowest BCUT2D eigenvalue weighted by molar-refractivity contribution is -0.131. The minimum Gasteiger partial charge on any atom is -0.389 e. The SMILES string of the molecule is CC(C)C1CCC(=O)N(Cc2ccccc2C(N)=S)CC1. The summed E-state index contributed by atoms with van der Waals surface area (Å²) < 4.78 is 0. The highest BCUT2D eigenvalue weighted by atomic mass is 32.1. The number of thiocarbonyl (C=S) groups is 1. The summed E-state index contributed by atoms with van der Waals surface area (Å²) in [7, 11) is 0. The fourth-order valence-corrected chi connectivity index (χ4v) is 3.19. The van der Waals surface area contributed by atoms with Crippen molar-refractivity contribution in [3.63, 3.8) is 0 Å². The molecular formula is C17H24N2OS. The van der Waals surface area contributed by atoms with Gasteiger partial charge in [0.2, 0.25) is 5.91 Å². The Hall–Kier alpha value is -1.42. The van der Waals surface area contributed by atoms with E-state index < -0.39 is 0 Å².